The molecule has 0 saturated carbocycles. The lowest BCUT2D eigenvalue weighted by Gasteiger charge is -2.16. The maximum Gasteiger partial charge on any atom is 0.416 e. The van der Waals surface area contributed by atoms with E-state index in [1.54, 1.807) is 31.2 Å². The summed E-state index contributed by atoms with van der Waals surface area (Å²) in [7, 11) is 0. The third kappa shape index (κ3) is 5.59. The topological polar surface area (TPSA) is 58.2 Å². The van der Waals surface area contributed by atoms with Crippen LogP contribution in [0.15, 0.2) is 53.0 Å². The lowest BCUT2D eigenvalue weighted by Crippen LogP contribution is -2.38. The van der Waals surface area contributed by atoms with Crippen LogP contribution in [0.25, 0.3) is 0 Å². The van der Waals surface area contributed by atoms with Gasteiger partial charge in [0.1, 0.15) is 0 Å². The van der Waals surface area contributed by atoms with Crippen molar-refractivity contribution in [2.24, 2.45) is 0 Å². The minimum absolute atomic E-state index is 0.280. The van der Waals surface area contributed by atoms with Crippen molar-refractivity contribution < 1.29 is 22.8 Å². The second kappa shape index (κ2) is 8.35. The number of halogens is 4. The van der Waals surface area contributed by atoms with E-state index in [9.17, 15) is 22.8 Å². The van der Waals surface area contributed by atoms with Crippen LogP contribution in [-0.2, 0) is 11.0 Å². The average Bonchev–Trinajstić information content (AvgIpc) is 2.59. The zero-order valence-corrected chi connectivity index (χ0v) is 15.3. The van der Waals surface area contributed by atoms with Gasteiger partial charge in [-0.05, 0) is 48.9 Å². The smallest absolute Gasteiger partial charge is 0.348 e. The minimum atomic E-state index is -4.45. The summed E-state index contributed by atoms with van der Waals surface area (Å²) in [6.45, 7) is 1.29. The van der Waals surface area contributed by atoms with Crippen molar-refractivity contribution in [2.75, 3.05) is 6.54 Å². The van der Waals surface area contributed by atoms with Gasteiger partial charge in [-0.15, -0.1) is 0 Å². The van der Waals surface area contributed by atoms with Crippen LogP contribution in [0, 0.1) is 0 Å². The van der Waals surface area contributed by atoms with Gasteiger partial charge in [-0.3, -0.25) is 9.59 Å². The molecular weight excluding hydrogens is 413 g/mol. The normalized spacial score (nSPS) is 12.3. The third-order valence-electron chi connectivity index (χ3n) is 3.61. The summed E-state index contributed by atoms with van der Waals surface area (Å²) >= 11 is 3.26. The van der Waals surface area contributed by atoms with Crippen LogP contribution in [0.2, 0.25) is 0 Å². The highest BCUT2D eigenvalue weighted by Gasteiger charge is 2.30. The number of carbonyl (C=O) groups is 2. The second-order valence-electron chi connectivity index (χ2n) is 5.60. The van der Waals surface area contributed by atoms with Crippen molar-refractivity contribution in [3.63, 3.8) is 0 Å². The van der Waals surface area contributed by atoms with Gasteiger partial charge in [0.25, 0.3) is 5.91 Å². The molecule has 1 atom stereocenters. The van der Waals surface area contributed by atoms with Crippen LogP contribution in [0.5, 0.6) is 0 Å². The number of hydrogen-bond acceptors (Lipinski definition) is 2. The third-order valence-corrected chi connectivity index (χ3v) is 4.14. The molecule has 0 spiro atoms. The van der Waals surface area contributed by atoms with Crippen LogP contribution >= 0.6 is 15.9 Å². The number of nitrogens with one attached hydrogen (secondary N) is 2. The van der Waals surface area contributed by atoms with Crippen molar-refractivity contribution in [3.05, 3.63) is 69.7 Å². The first-order valence-electron chi connectivity index (χ1n) is 7.67. The van der Waals surface area contributed by atoms with Crippen molar-refractivity contribution >= 4 is 27.7 Å². The van der Waals surface area contributed by atoms with E-state index in [2.05, 4.69) is 26.6 Å². The van der Waals surface area contributed by atoms with Crippen molar-refractivity contribution in [2.45, 2.75) is 19.1 Å². The minimum Gasteiger partial charge on any atom is -0.348 e. The number of alkyl halides is 3. The summed E-state index contributed by atoms with van der Waals surface area (Å²) in [6, 6.07) is 10.7. The lowest BCUT2D eigenvalue weighted by atomic mass is 10.0. The van der Waals surface area contributed by atoms with Crippen LogP contribution in [0.1, 0.15) is 34.5 Å². The first-order valence-corrected chi connectivity index (χ1v) is 8.46. The van der Waals surface area contributed by atoms with Crippen LogP contribution < -0.4 is 10.6 Å². The Morgan fingerprint density at radius 1 is 1.12 bits per heavy atom. The number of amides is 2. The van der Waals surface area contributed by atoms with Gasteiger partial charge in [0.05, 0.1) is 18.2 Å². The van der Waals surface area contributed by atoms with E-state index in [-0.39, 0.29) is 6.54 Å². The average molecular weight is 429 g/mol. The lowest BCUT2D eigenvalue weighted by molar-refractivity contribution is -0.137. The molecule has 4 nitrogen and oxygen atoms in total. The Kier molecular flexibility index (Phi) is 6.42. The SMILES string of the molecule is CC(NC(=O)CNC(=O)c1ccc(Br)cc1)c1cccc(C(F)(F)F)c1. The fourth-order valence-electron chi connectivity index (χ4n) is 2.22. The highest BCUT2D eigenvalue weighted by molar-refractivity contribution is 9.10. The zero-order valence-electron chi connectivity index (χ0n) is 13.7. The summed E-state index contributed by atoms with van der Waals surface area (Å²) < 4.78 is 39.1. The van der Waals surface area contributed by atoms with Gasteiger partial charge in [0, 0.05) is 10.0 Å². The van der Waals surface area contributed by atoms with Crippen molar-refractivity contribution in [3.8, 4) is 0 Å². The van der Waals surface area contributed by atoms with Gasteiger partial charge in [-0.1, -0.05) is 28.1 Å². The van der Waals surface area contributed by atoms with Gasteiger partial charge < -0.3 is 10.6 Å². The van der Waals surface area contributed by atoms with E-state index in [0.717, 1.165) is 16.6 Å². The molecule has 0 radical (unpaired) electrons. The Bertz CT molecular complexity index is 792. The summed E-state index contributed by atoms with van der Waals surface area (Å²) in [4.78, 5) is 23.9. The standard InChI is InChI=1S/C18H16BrF3N2O2/c1-11(13-3-2-4-14(9-13)18(20,21)22)24-16(25)10-23-17(26)12-5-7-15(19)8-6-12/h2-9,11H,10H2,1H3,(H,23,26)(H,24,25). The van der Waals surface area contributed by atoms with Gasteiger partial charge in [0.2, 0.25) is 5.91 Å². The molecule has 26 heavy (non-hydrogen) atoms. The number of hydrogen-bond donors (Lipinski definition) is 2. The Hall–Kier alpha value is -2.35. The molecule has 1 unspecified atom stereocenters. The molecule has 0 aliphatic heterocycles. The fraction of sp³-hybridized carbons (Fsp3) is 0.222. The number of rotatable bonds is 5. The molecule has 0 bridgehead atoms. The molecule has 2 amide bonds. The van der Waals surface area contributed by atoms with Gasteiger partial charge in [-0.25, -0.2) is 0 Å². The van der Waals surface area contributed by atoms with Crippen LogP contribution in [0.3, 0.4) is 0 Å². The molecule has 2 aromatic rings. The molecule has 138 valence electrons. The summed E-state index contributed by atoms with van der Waals surface area (Å²) in [5, 5.41) is 5.03. The van der Waals surface area contributed by atoms with E-state index in [0.29, 0.717) is 11.1 Å². The van der Waals surface area contributed by atoms with Crippen molar-refractivity contribution in [1.29, 1.82) is 0 Å². The maximum absolute atomic E-state index is 12.8. The molecule has 0 aliphatic rings. The number of benzene rings is 2. The summed E-state index contributed by atoms with van der Waals surface area (Å²) in [6.07, 6.45) is -4.45. The van der Waals surface area contributed by atoms with Crippen molar-refractivity contribution in [1.82, 2.24) is 10.6 Å². The largest absolute Gasteiger partial charge is 0.416 e. The highest BCUT2D eigenvalue weighted by Crippen LogP contribution is 2.30. The van der Waals surface area contributed by atoms with E-state index in [4.69, 9.17) is 0 Å². The Labute approximate surface area is 156 Å². The highest BCUT2D eigenvalue weighted by atomic mass is 79.9. The molecule has 0 aliphatic carbocycles. The maximum atomic E-state index is 12.8. The molecule has 2 aromatic carbocycles. The molecule has 0 saturated heterocycles. The predicted octanol–water partition coefficient (Wildman–Crippen LogP) is 4.08. The van der Waals surface area contributed by atoms with Gasteiger partial charge in [0.15, 0.2) is 0 Å². The zero-order chi connectivity index (χ0) is 19.3. The number of carbonyl (C=O) groups excluding carboxylic acids is 2. The summed E-state index contributed by atoms with van der Waals surface area (Å²) in [5.74, 6) is -0.917. The molecule has 0 heterocycles. The Balaban J connectivity index is 1.91. The molecule has 8 heteroatoms. The van der Waals surface area contributed by atoms with Gasteiger partial charge >= 0.3 is 6.18 Å². The van der Waals surface area contributed by atoms with E-state index in [1.165, 1.54) is 12.1 Å². The second-order valence-corrected chi connectivity index (χ2v) is 6.52. The van der Waals surface area contributed by atoms with Crippen LogP contribution in [0.4, 0.5) is 13.2 Å². The molecular formula is C18H16BrF3N2O2. The molecule has 2 N–H and O–H groups in total. The molecule has 2 rings (SSSR count). The Morgan fingerprint density at radius 2 is 1.77 bits per heavy atom. The summed E-state index contributed by atoms with van der Waals surface area (Å²) in [5.41, 5.74) is -0.0565. The predicted molar refractivity (Wildman–Crippen MR) is 94.5 cm³/mol. The van der Waals surface area contributed by atoms with Gasteiger partial charge in [-0.2, -0.15) is 13.2 Å². The molecule has 0 aromatic heterocycles. The van der Waals surface area contributed by atoms with E-state index < -0.39 is 29.6 Å². The molecule has 0 fully saturated rings. The van der Waals surface area contributed by atoms with E-state index in [1.807, 2.05) is 0 Å². The first-order chi connectivity index (χ1) is 12.2. The quantitative estimate of drug-likeness (QED) is 0.753. The van der Waals surface area contributed by atoms with Crippen LogP contribution in [-0.4, -0.2) is 18.4 Å². The van der Waals surface area contributed by atoms with E-state index >= 15 is 0 Å². The first kappa shape index (κ1) is 20.0. The fourth-order valence-corrected chi connectivity index (χ4v) is 2.49. The Morgan fingerprint density at radius 3 is 2.38 bits per heavy atom. The monoisotopic (exact) mass is 428 g/mol.